The van der Waals surface area contributed by atoms with E-state index in [-0.39, 0.29) is 11.6 Å². The molecule has 0 aliphatic rings. The first-order valence-corrected chi connectivity index (χ1v) is 5.90. The summed E-state index contributed by atoms with van der Waals surface area (Å²) < 4.78 is 18.6. The van der Waals surface area contributed by atoms with Crippen LogP contribution in [0.2, 0.25) is 0 Å². The van der Waals surface area contributed by atoms with Gasteiger partial charge in [-0.25, -0.2) is 4.39 Å². The first-order valence-electron chi connectivity index (χ1n) is 5.90. The third-order valence-electron chi connectivity index (χ3n) is 2.97. The lowest BCUT2D eigenvalue weighted by Gasteiger charge is -2.05. The van der Waals surface area contributed by atoms with Gasteiger partial charge in [0, 0.05) is 23.2 Å². The Morgan fingerprint density at radius 1 is 1.16 bits per heavy atom. The van der Waals surface area contributed by atoms with Crippen molar-refractivity contribution in [1.29, 1.82) is 0 Å². The number of hydrogen-bond donors (Lipinski definition) is 2. The van der Waals surface area contributed by atoms with Crippen LogP contribution in [0.5, 0.6) is 11.5 Å². The van der Waals surface area contributed by atoms with E-state index in [1.165, 1.54) is 12.1 Å². The van der Waals surface area contributed by atoms with Crippen LogP contribution in [-0.2, 0) is 6.61 Å². The van der Waals surface area contributed by atoms with Gasteiger partial charge in [0.1, 0.15) is 23.9 Å². The number of aromatic nitrogens is 1. The Kier molecular flexibility index (Phi) is 2.83. The molecule has 0 aliphatic heterocycles. The predicted octanol–water partition coefficient (Wildman–Crippen LogP) is 3.59. The van der Waals surface area contributed by atoms with E-state index in [0.29, 0.717) is 17.9 Å². The minimum atomic E-state index is -0.325. The first-order chi connectivity index (χ1) is 9.24. The molecule has 19 heavy (non-hydrogen) atoms. The molecule has 0 unspecified atom stereocenters. The first kappa shape index (κ1) is 11.6. The van der Waals surface area contributed by atoms with Crippen LogP contribution in [0.1, 0.15) is 5.56 Å². The number of H-pyrrole nitrogens is 1. The normalized spacial score (nSPS) is 10.8. The van der Waals surface area contributed by atoms with Crippen molar-refractivity contribution in [3.8, 4) is 11.5 Å². The maximum absolute atomic E-state index is 13.0. The Morgan fingerprint density at radius 2 is 2.00 bits per heavy atom. The largest absolute Gasteiger partial charge is 0.506 e. The quantitative estimate of drug-likeness (QED) is 0.753. The van der Waals surface area contributed by atoms with Crippen molar-refractivity contribution in [3.63, 3.8) is 0 Å². The van der Waals surface area contributed by atoms with E-state index in [1.807, 2.05) is 6.07 Å². The summed E-state index contributed by atoms with van der Waals surface area (Å²) in [6, 6.07) is 11.3. The highest BCUT2D eigenvalue weighted by Gasteiger charge is 2.07. The van der Waals surface area contributed by atoms with Crippen LogP contribution in [-0.4, -0.2) is 10.1 Å². The molecule has 3 rings (SSSR count). The number of aromatic amines is 1. The molecule has 0 atom stereocenters. The van der Waals surface area contributed by atoms with Gasteiger partial charge in [0.25, 0.3) is 0 Å². The molecule has 3 nitrogen and oxygen atoms in total. The minimum absolute atomic E-state index is 0.203. The van der Waals surface area contributed by atoms with Crippen molar-refractivity contribution >= 4 is 10.9 Å². The molecule has 1 aromatic heterocycles. The zero-order valence-electron chi connectivity index (χ0n) is 10.1. The predicted molar refractivity (Wildman–Crippen MR) is 70.7 cm³/mol. The molecule has 0 amide bonds. The second-order valence-electron chi connectivity index (χ2n) is 4.26. The molecular weight excluding hydrogens is 245 g/mol. The van der Waals surface area contributed by atoms with Crippen molar-refractivity contribution in [1.82, 2.24) is 4.98 Å². The number of hydrogen-bond acceptors (Lipinski definition) is 2. The van der Waals surface area contributed by atoms with Crippen LogP contribution in [0, 0.1) is 5.82 Å². The molecule has 2 aromatic carbocycles. The third-order valence-corrected chi connectivity index (χ3v) is 2.97. The van der Waals surface area contributed by atoms with Crippen molar-refractivity contribution < 1.29 is 14.2 Å². The molecule has 0 spiro atoms. The number of nitrogens with one attached hydrogen (secondary N) is 1. The number of para-hydroxylation sites is 1. The van der Waals surface area contributed by atoms with Gasteiger partial charge in [0.2, 0.25) is 0 Å². The standard InChI is InChI=1S/C15H12FNO2/c16-11-3-1-4-12(7-11)19-9-10-8-17-15-13(10)5-2-6-14(15)18/h1-8,17-18H,9H2. The summed E-state index contributed by atoms with van der Waals surface area (Å²) in [5.41, 5.74) is 1.59. The van der Waals surface area contributed by atoms with Gasteiger partial charge >= 0.3 is 0 Å². The van der Waals surface area contributed by atoms with Crippen molar-refractivity contribution in [2.75, 3.05) is 0 Å². The van der Waals surface area contributed by atoms with Crippen LogP contribution < -0.4 is 4.74 Å². The lowest BCUT2D eigenvalue weighted by Crippen LogP contribution is -1.94. The van der Waals surface area contributed by atoms with Gasteiger partial charge in [-0.15, -0.1) is 0 Å². The Morgan fingerprint density at radius 3 is 2.84 bits per heavy atom. The van der Waals surface area contributed by atoms with E-state index in [0.717, 1.165) is 10.9 Å². The van der Waals surface area contributed by atoms with Crippen LogP contribution in [0.4, 0.5) is 4.39 Å². The maximum atomic E-state index is 13.0. The van der Waals surface area contributed by atoms with Crippen LogP contribution in [0.25, 0.3) is 10.9 Å². The number of fused-ring (bicyclic) bond motifs is 1. The molecule has 1 heterocycles. The van der Waals surface area contributed by atoms with Crippen molar-refractivity contribution in [2.45, 2.75) is 6.61 Å². The van der Waals surface area contributed by atoms with Gasteiger partial charge in [-0.2, -0.15) is 0 Å². The summed E-state index contributed by atoms with van der Waals surface area (Å²) in [6.45, 7) is 0.312. The van der Waals surface area contributed by atoms with E-state index in [9.17, 15) is 9.50 Å². The van der Waals surface area contributed by atoms with Crippen LogP contribution in [0.3, 0.4) is 0 Å². The Hall–Kier alpha value is -2.49. The Balaban J connectivity index is 1.84. The fraction of sp³-hybridized carbons (Fsp3) is 0.0667. The van der Waals surface area contributed by atoms with Gasteiger partial charge in [-0.05, 0) is 18.2 Å². The number of halogens is 1. The fourth-order valence-electron chi connectivity index (χ4n) is 2.03. The number of phenols is 1. The number of rotatable bonds is 3. The van der Waals surface area contributed by atoms with Gasteiger partial charge in [-0.3, -0.25) is 0 Å². The summed E-state index contributed by atoms with van der Waals surface area (Å²) in [5.74, 6) is 0.359. The molecule has 0 bridgehead atoms. The highest BCUT2D eigenvalue weighted by atomic mass is 19.1. The summed E-state index contributed by atoms with van der Waals surface area (Å²) in [5, 5.41) is 10.6. The van der Waals surface area contributed by atoms with E-state index in [4.69, 9.17) is 4.74 Å². The molecule has 0 saturated carbocycles. The highest BCUT2D eigenvalue weighted by molar-refractivity contribution is 5.87. The second-order valence-corrected chi connectivity index (χ2v) is 4.26. The minimum Gasteiger partial charge on any atom is -0.506 e. The average molecular weight is 257 g/mol. The van der Waals surface area contributed by atoms with E-state index < -0.39 is 0 Å². The average Bonchev–Trinajstić information content (AvgIpc) is 2.81. The lowest BCUT2D eigenvalue weighted by atomic mass is 10.2. The van der Waals surface area contributed by atoms with Crippen LogP contribution in [0.15, 0.2) is 48.7 Å². The number of aromatic hydroxyl groups is 1. The molecule has 0 fully saturated rings. The third kappa shape index (κ3) is 2.25. The number of phenolic OH excluding ortho intramolecular Hbond substituents is 1. The number of ether oxygens (including phenoxy) is 1. The Labute approximate surface area is 109 Å². The monoisotopic (exact) mass is 257 g/mol. The molecule has 2 N–H and O–H groups in total. The highest BCUT2D eigenvalue weighted by Crippen LogP contribution is 2.26. The lowest BCUT2D eigenvalue weighted by molar-refractivity contribution is 0.306. The van der Waals surface area contributed by atoms with Gasteiger partial charge < -0.3 is 14.8 Å². The summed E-state index contributed by atoms with van der Waals surface area (Å²) in [7, 11) is 0. The zero-order valence-corrected chi connectivity index (χ0v) is 10.1. The molecule has 0 saturated heterocycles. The Bertz CT molecular complexity index is 721. The van der Waals surface area contributed by atoms with Crippen molar-refractivity contribution in [2.24, 2.45) is 0 Å². The molecule has 4 heteroatoms. The zero-order chi connectivity index (χ0) is 13.2. The van der Waals surface area contributed by atoms with E-state index in [2.05, 4.69) is 4.98 Å². The summed E-state index contributed by atoms with van der Waals surface area (Å²) in [6.07, 6.45) is 1.78. The smallest absolute Gasteiger partial charge is 0.139 e. The molecule has 0 radical (unpaired) electrons. The maximum Gasteiger partial charge on any atom is 0.139 e. The summed E-state index contributed by atoms with van der Waals surface area (Å²) in [4.78, 5) is 3.00. The van der Waals surface area contributed by atoms with Gasteiger partial charge in [0.15, 0.2) is 0 Å². The van der Waals surface area contributed by atoms with Crippen molar-refractivity contribution in [3.05, 3.63) is 60.0 Å². The van der Waals surface area contributed by atoms with Crippen LogP contribution >= 0.6 is 0 Å². The SMILES string of the molecule is Oc1cccc2c(COc3cccc(F)c3)c[nH]c12. The topological polar surface area (TPSA) is 45.2 Å². The van der Waals surface area contributed by atoms with Gasteiger partial charge in [0.05, 0.1) is 5.52 Å². The fourth-order valence-corrected chi connectivity index (χ4v) is 2.03. The second kappa shape index (κ2) is 4.65. The molecule has 96 valence electrons. The summed E-state index contributed by atoms with van der Waals surface area (Å²) >= 11 is 0. The van der Waals surface area contributed by atoms with Gasteiger partial charge in [-0.1, -0.05) is 18.2 Å². The molecule has 0 aliphatic carbocycles. The van der Waals surface area contributed by atoms with E-state index in [1.54, 1.807) is 30.5 Å². The van der Waals surface area contributed by atoms with E-state index >= 15 is 0 Å². The number of benzene rings is 2. The molecular formula is C15H12FNO2. The molecule has 3 aromatic rings.